The molecule has 3 aromatic carbocycles. The summed E-state index contributed by atoms with van der Waals surface area (Å²) in [5.74, 6) is -2.46. The van der Waals surface area contributed by atoms with Crippen molar-refractivity contribution in [2.24, 2.45) is 0 Å². The number of nitrogens with zero attached hydrogens (tertiary/aromatic N) is 1. The molecule has 1 aromatic heterocycles. The molecule has 2 N–H and O–H groups in total. The Labute approximate surface area is 210 Å². The zero-order valence-electron chi connectivity index (χ0n) is 18.3. The van der Waals surface area contributed by atoms with Gasteiger partial charge in [0.25, 0.3) is 11.7 Å². The van der Waals surface area contributed by atoms with Gasteiger partial charge in [-0.05, 0) is 60.0 Å². The third-order valence-electron chi connectivity index (χ3n) is 6.21. The molecule has 0 saturated carbocycles. The van der Waals surface area contributed by atoms with Crippen molar-refractivity contribution in [3.05, 3.63) is 111 Å². The standard InChI is InChI=1S/C27H19Cl2FN2O3/c28-17-7-10-20(21(29)13-17)24-23(25(33)15-5-8-18(30)9-6-15)26(34)27(35)32(24)12-11-16-14-31-22-4-2-1-3-19(16)22/h1-10,13-14,24,31,33H,11-12H2. The van der Waals surface area contributed by atoms with Crippen LogP contribution in [-0.2, 0) is 16.0 Å². The molecule has 0 aliphatic carbocycles. The number of fused-ring (bicyclic) bond motifs is 1. The summed E-state index contributed by atoms with van der Waals surface area (Å²) in [6.07, 6.45) is 2.35. The van der Waals surface area contributed by atoms with Crippen molar-refractivity contribution in [1.29, 1.82) is 0 Å². The lowest BCUT2D eigenvalue weighted by atomic mass is 9.95. The number of carbonyl (C=O) groups excluding carboxylic acids is 2. The molecule has 35 heavy (non-hydrogen) atoms. The summed E-state index contributed by atoms with van der Waals surface area (Å²) in [6, 6.07) is 16.7. The van der Waals surface area contributed by atoms with Crippen molar-refractivity contribution < 1.29 is 19.1 Å². The zero-order chi connectivity index (χ0) is 24.7. The van der Waals surface area contributed by atoms with Crippen LogP contribution in [0.1, 0.15) is 22.7 Å². The highest BCUT2D eigenvalue weighted by Gasteiger charge is 2.46. The number of H-pyrrole nitrogens is 1. The van der Waals surface area contributed by atoms with Gasteiger partial charge in [0.1, 0.15) is 11.6 Å². The van der Waals surface area contributed by atoms with Gasteiger partial charge < -0.3 is 15.0 Å². The maximum Gasteiger partial charge on any atom is 0.295 e. The summed E-state index contributed by atoms with van der Waals surface area (Å²) < 4.78 is 13.4. The quantitative estimate of drug-likeness (QED) is 0.189. The molecule has 1 atom stereocenters. The van der Waals surface area contributed by atoms with Crippen molar-refractivity contribution in [1.82, 2.24) is 9.88 Å². The maximum atomic E-state index is 13.4. The molecule has 1 aliphatic rings. The topological polar surface area (TPSA) is 73.4 Å². The van der Waals surface area contributed by atoms with Gasteiger partial charge in [-0.25, -0.2) is 4.39 Å². The second kappa shape index (κ2) is 9.21. The zero-order valence-corrected chi connectivity index (χ0v) is 19.8. The Kier molecular flexibility index (Phi) is 6.09. The van der Waals surface area contributed by atoms with Crippen LogP contribution in [0.4, 0.5) is 4.39 Å². The average Bonchev–Trinajstić information content (AvgIpc) is 3.36. The van der Waals surface area contributed by atoms with Crippen LogP contribution in [0.5, 0.6) is 0 Å². The number of aromatic amines is 1. The molecule has 2 heterocycles. The molecule has 5 nitrogen and oxygen atoms in total. The highest BCUT2D eigenvalue weighted by Crippen LogP contribution is 2.42. The van der Waals surface area contributed by atoms with Crippen LogP contribution in [0.2, 0.25) is 10.0 Å². The summed E-state index contributed by atoms with van der Waals surface area (Å²) in [5.41, 5.74) is 2.53. The van der Waals surface area contributed by atoms with Gasteiger partial charge in [0, 0.05) is 39.3 Å². The number of halogens is 3. The number of aromatic nitrogens is 1. The Bertz CT molecular complexity index is 1490. The van der Waals surface area contributed by atoms with E-state index >= 15 is 0 Å². The molecule has 5 rings (SSSR count). The molecule has 1 fully saturated rings. The molecule has 8 heteroatoms. The highest BCUT2D eigenvalue weighted by molar-refractivity contribution is 6.47. The van der Waals surface area contributed by atoms with Crippen molar-refractivity contribution in [2.45, 2.75) is 12.5 Å². The Morgan fingerprint density at radius 2 is 1.77 bits per heavy atom. The lowest BCUT2D eigenvalue weighted by molar-refractivity contribution is -0.139. The third kappa shape index (κ3) is 4.20. The fourth-order valence-electron chi connectivity index (χ4n) is 4.50. The van der Waals surface area contributed by atoms with Gasteiger partial charge in [0.15, 0.2) is 0 Å². The number of Topliss-reactive ketones (excluding diaryl/α,β-unsaturated/α-hetero) is 1. The van der Waals surface area contributed by atoms with Gasteiger partial charge in [-0.15, -0.1) is 0 Å². The minimum absolute atomic E-state index is 0.107. The number of carbonyl (C=O) groups is 2. The maximum absolute atomic E-state index is 13.4. The van der Waals surface area contributed by atoms with Crippen LogP contribution in [0.25, 0.3) is 16.7 Å². The lowest BCUT2D eigenvalue weighted by Crippen LogP contribution is -2.31. The van der Waals surface area contributed by atoms with Gasteiger partial charge in [-0.3, -0.25) is 9.59 Å². The second-order valence-electron chi connectivity index (χ2n) is 8.27. The molecular weight excluding hydrogens is 490 g/mol. The SMILES string of the molecule is O=C1C(=O)N(CCc2c[nH]c3ccccc23)C(c2ccc(Cl)cc2Cl)C1=C(O)c1ccc(F)cc1. The van der Waals surface area contributed by atoms with E-state index in [1.807, 2.05) is 30.5 Å². The number of aliphatic hydroxyl groups is 1. The first-order valence-corrected chi connectivity index (χ1v) is 11.6. The van der Waals surface area contributed by atoms with E-state index in [4.69, 9.17) is 23.2 Å². The molecule has 0 spiro atoms. The Morgan fingerprint density at radius 1 is 1.03 bits per heavy atom. The third-order valence-corrected chi connectivity index (χ3v) is 6.77. The van der Waals surface area contributed by atoms with Crippen LogP contribution in [0, 0.1) is 5.82 Å². The number of likely N-dealkylation sites (tertiary alicyclic amines) is 1. The monoisotopic (exact) mass is 508 g/mol. The van der Waals surface area contributed by atoms with Gasteiger partial charge >= 0.3 is 0 Å². The van der Waals surface area contributed by atoms with Crippen LogP contribution in [0.15, 0.2) is 78.5 Å². The van der Waals surface area contributed by atoms with Crippen LogP contribution in [0.3, 0.4) is 0 Å². The summed E-state index contributed by atoms with van der Waals surface area (Å²) in [6.45, 7) is 0.205. The van der Waals surface area contributed by atoms with Crippen molar-refractivity contribution in [3.63, 3.8) is 0 Å². The largest absolute Gasteiger partial charge is 0.507 e. The number of hydrogen-bond donors (Lipinski definition) is 2. The van der Waals surface area contributed by atoms with Gasteiger partial charge in [0.2, 0.25) is 0 Å². The van der Waals surface area contributed by atoms with Crippen LogP contribution in [-0.4, -0.2) is 33.2 Å². The molecular formula is C27H19Cl2FN2O3. The van der Waals surface area contributed by atoms with E-state index in [2.05, 4.69) is 4.98 Å². The highest BCUT2D eigenvalue weighted by atomic mass is 35.5. The number of para-hydroxylation sites is 1. The summed E-state index contributed by atoms with van der Waals surface area (Å²) >= 11 is 12.6. The minimum atomic E-state index is -0.935. The normalized spacial score (nSPS) is 17.5. The Balaban J connectivity index is 1.59. The number of amides is 1. The first-order valence-electron chi connectivity index (χ1n) is 10.9. The van der Waals surface area contributed by atoms with E-state index < -0.39 is 29.3 Å². The summed E-state index contributed by atoms with van der Waals surface area (Å²) in [7, 11) is 0. The van der Waals surface area contributed by atoms with Gasteiger partial charge in [0.05, 0.1) is 11.6 Å². The van der Waals surface area contributed by atoms with E-state index in [1.165, 1.54) is 35.2 Å². The van der Waals surface area contributed by atoms with E-state index in [0.29, 0.717) is 17.0 Å². The smallest absolute Gasteiger partial charge is 0.295 e. The average molecular weight is 509 g/mol. The molecule has 1 saturated heterocycles. The van der Waals surface area contributed by atoms with E-state index in [9.17, 15) is 19.1 Å². The number of nitrogens with one attached hydrogen (secondary N) is 1. The first kappa shape index (κ1) is 23.1. The molecule has 1 aliphatic heterocycles. The first-order chi connectivity index (χ1) is 16.8. The van der Waals surface area contributed by atoms with Crippen molar-refractivity contribution in [2.75, 3.05) is 6.54 Å². The predicted molar refractivity (Wildman–Crippen MR) is 134 cm³/mol. The molecule has 4 aromatic rings. The summed E-state index contributed by atoms with van der Waals surface area (Å²) in [5, 5.41) is 12.7. The molecule has 176 valence electrons. The van der Waals surface area contributed by atoms with E-state index in [0.717, 1.165) is 16.5 Å². The number of hydrogen-bond acceptors (Lipinski definition) is 3. The van der Waals surface area contributed by atoms with Gasteiger partial charge in [-0.1, -0.05) is 47.5 Å². The number of ketones is 1. The Morgan fingerprint density at radius 3 is 2.51 bits per heavy atom. The number of aliphatic hydroxyl groups excluding tert-OH is 1. The Hall–Kier alpha value is -3.61. The lowest BCUT2D eigenvalue weighted by Gasteiger charge is -2.26. The van der Waals surface area contributed by atoms with Crippen LogP contribution >= 0.6 is 23.2 Å². The van der Waals surface area contributed by atoms with Gasteiger partial charge in [-0.2, -0.15) is 0 Å². The predicted octanol–water partition coefficient (Wildman–Crippen LogP) is 6.28. The number of benzene rings is 3. The minimum Gasteiger partial charge on any atom is -0.507 e. The van der Waals surface area contributed by atoms with E-state index in [1.54, 1.807) is 12.1 Å². The van der Waals surface area contributed by atoms with Crippen LogP contribution < -0.4 is 0 Å². The molecule has 0 radical (unpaired) electrons. The van der Waals surface area contributed by atoms with E-state index in [-0.39, 0.29) is 22.7 Å². The fraction of sp³-hybridized carbons (Fsp3) is 0.111. The van der Waals surface area contributed by atoms with Crippen molar-refractivity contribution in [3.8, 4) is 0 Å². The number of rotatable bonds is 5. The van der Waals surface area contributed by atoms with Crippen molar-refractivity contribution >= 4 is 51.6 Å². The second-order valence-corrected chi connectivity index (χ2v) is 9.12. The summed E-state index contributed by atoms with van der Waals surface area (Å²) in [4.78, 5) is 31.0. The molecule has 1 amide bonds. The molecule has 0 bridgehead atoms. The molecule has 1 unspecified atom stereocenters. The fourth-order valence-corrected chi connectivity index (χ4v) is 5.01.